The predicted octanol–water partition coefficient (Wildman–Crippen LogP) is 3.64. The lowest BCUT2D eigenvalue weighted by Crippen LogP contribution is -2.37. The normalized spacial score (nSPS) is 36.5. The van der Waals surface area contributed by atoms with E-state index in [0.717, 1.165) is 36.9 Å². The van der Waals surface area contributed by atoms with Crippen molar-refractivity contribution >= 4 is 0 Å². The van der Waals surface area contributed by atoms with Crippen LogP contribution in [0.5, 0.6) is 0 Å². The van der Waals surface area contributed by atoms with Gasteiger partial charge in [0.15, 0.2) is 0 Å². The van der Waals surface area contributed by atoms with E-state index in [1.807, 2.05) is 0 Å². The molecule has 24 heavy (non-hydrogen) atoms. The maximum absolute atomic E-state index is 5.93. The Kier molecular flexibility index (Phi) is 6.61. The van der Waals surface area contributed by atoms with Crippen LogP contribution in [-0.2, 0) is 18.9 Å². The van der Waals surface area contributed by atoms with Gasteiger partial charge < -0.3 is 18.9 Å². The van der Waals surface area contributed by atoms with E-state index in [9.17, 15) is 0 Å². The Morgan fingerprint density at radius 3 is 1.67 bits per heavy atom. The third-order valence-electron chi connectivity index (χ3n) is 6.47. The lowest BCUT2D eigenvalue weighted by atomic mass is 9.70. The van der Waals surface area contributed by atoms with Gasteiger partial charge in [-0.15, -0.1) is 0 Å². The van der Waals surface area contributed by atoms with E-state index in [4.69, 9.17) is 18.9 Å². The van der Waals surface area contributed by atoms with Gasteiger partial charge in [0.25, 0.3) is 0 Å². The van der Waals surface area contributed by atoms with Crippen molar-refractivity contribution in [2.75, 3.05) is 39.6 Å². The molecule has 6 unspecified atom stereocenters. The minimum atomic E-state index is 0.594. The molecule has 3 rings (SSSR count). The van der Waals surface area contributed by atoms with Gasteiger partial charge >= 0.3 is 0 Å². The second kappa shape index (κ2) is 8.91. The molecular weight excluding hydrogens is 304 g/mol. The first-order chi connectivity index (χ1) is 11.9. The number of hydrogen-bond donors (Lipinski definition) is 0. The van der Waals surface area contributed by atoms with Crippen LogP contribution >= 0.6 is 0 Å². The van der Waals surface area contributed by atoms with Crippen LogP contribution in [0.2, 0.25) is 0 Å². The summed E-state index contributed by atoms with van der Waals surface area (Å²) in [4.78, 5) is 0. The molecule has 3 fully saturated rings. The summed E-state index contributed by atoms with van der Waals surface area (Å²) in [6, 6.07) is 0. The van der Waals surface area contributed by atoms with Crippen LogP contribution in [0, 0.1) is 35.5 Å². The molecule has 0 amide bonds. The zero-order chi connectivity index (χ0) is 16.8. The topological polar surface area (TPSA) is 36.9 Å². The molecule has 0 aromatic heterocycles. The molecule has 0 N–H and O–H groups in total. The monoisotopic (exact) mass is 336 g/mol. The summed E-state index contributed by atoms with van der Waals surface area (Å²) in [6.45, 7) is 11.3. The van der Waals surface area contributed by atoms with Gasteiger partial charge in [0, 0.05) is 0 Å². The zero-order valence-corrected chi connectivity index (χ0v) is 14.7. The van der Waals surface area contributed by atoms with Crippen molar-refractivity contribution in [1.82, 2.24) is 0 Å². The Bertz CT molecular complexity index is 374. The third-order valence-corrected chi connectivity index (χ3v) is 6.47. The summed E-state index contributed by atoms with van der Waals surface area (Å²) < 4.78 is 22.2. The highest BCUT2D eigenvalue weighted by Gasteiger charge is 2.58. The van der Waals surface area contributed by atoms with Gasteiger partial charge in [-0.25, -0.2) is 0 Å². The first-order valence-electron chi connectivity index (χ1n) is 9.47. The Hall–Kier alpha value is -1.00. The molecule has 0 aromatic carbocycles. The molecule has 0 aliphatic heterocycles. The molecule has 0 heterocycles. The van der Waals surface area contributed by atoms with Gasteiger partial charge in [0.05, 0.1) is 39.0 Å². The fourth-order valence-electron chi connectivity index (χ4n) is 5.68. The quantitative estimate of drug-likeness (QED) is 0.403. The molecule has 4 nitrogen and oxygen atoms in total. The number of rotatable bonds is 12. The minimum Gasteiger partial charge on any atom is -0.499 e. The van der Waals surface area contributed by atoms with E-state index < -0.39 is 0 Å². The van der Waals surface area contributed by atoms with E-state index in [2.05, 4.69) is 13.2 Å². The second-order valence-electron chi connectivity index (χ2n) is 7.37. The summed E-state index contributed by atoms with van der Waals surface area (Å²) >= 11 is 0. The smallest absolute Gasteiger partial charge is 0.111 e. The predicted molar refractivity (Wildman–Crippen MR) is 93.3 cm³/mol. The highest BCUT2D eigenvalue weighted by molar-refractivity contribution is 5.06. The van der Waals surface area contributed by atoms with Gasteiger partial charge in [-0.05, 0) is 54.8 Å². The highest BCUT2D eigenvalue weighted by Crippen LogP contribution is 2.63. The molecule has 6 atom stereocenters. The van der Waals surface area contributed by atoms with E-state index in [0.29, 0.717) is 38.3 Å². The third kappa shape index (κ3) is 3.80. The maximum atomic E-state index is 5.93. The second-order valence-corrected chi connectivity index (χ2v) is 7.37. The molecule has 0 aromatic rings. The Morgan fingerprint density at radius 2 is 1.21 bits per heavy atom. The van der Waals surface area contributed by atoms with Crippen molar-refractivity contribution in [3.63, 3.8) is 0 Å². The molecular formula is C20H32O4. The molecule has 136 valence electrons. The van der Waals surface area contributed by atoms with Gasteiger partial charge in [-0.2, -0.15) is 0 Å². The molecule has 0 radical (unpaired) electrons. The van der Waals surface area contributed by atoms with Crippen LogP contribution in [0.4, 0.5) is 0 Å². The highest BCUT2D eigenvalue weighted by atomic mass is 16.5. The number of ether oxygens (including phenoxy) is 4. The van der Waals surface area contributed by atoms with E-state index in [-0.39, 0.29) is 0 Å². The SMILES string of the molecule is C=COCCOCC1C(COCCOC=C)C2CC1C1CCCC12. The van der Waals surface area contributed by atoms with Crippen molar-refractivity contribution in [2.24, 2.45) is 35.5 Å². The number of fused-ring (bicyclic) bond motifs is 5. The molecule has 2 bridgehead atoms. The summed E-state index contributed by atoms with van der Waals surface area (Å²) in [5.41, 5.74) is 0. The molecule has 3 saturated carbocycles. The van der Waals surface area contributed by atoms with E-state index >= 15 is 0 Å². The maximum Gasteiger partial charge on any atom is 0.111 e. The fraction of sp³-hybridized carbons (Fsp3) is 0.800. The van der Waals surface area contributed by atoms with Gasteiger partial charge in [-0.3, -0.25) is 0 Å². The molecule has 3 aliphatic carbocycles. The van der Waals surface area contributed by atoms with Crippen molar-refractivity contribution in [3.8, 4) is 0 Å². The molecule has 3 aliphatic rings. The van der Waals surface area contributed by atoms with Crippen molar-refractivity contribution < 1.29 is 18.9 Å². The van der Waals surface area contributed by atoms with Crippen LogP contribution in [0.25, 0.3) is 0 Å². The summed E-state index contributed by atoms with van der Waals surface area (Å²) in [5, 5.41) is 0. The van der Waals surface area contributed by atoms with Gasteiger partial charge in [-0.1, -0.05) is 19.6 Å². The minimum absolute atomic E-state index is 0.594. The zero-order valence-electron chi connectivity index (χ0n) is 14.7. The van der Waals surface area contributed by atoms with Crippen LogP contribution in [-0.4, -0.2) is 39.6 Å². The average molecular weight is 336 g/mol. The van der Waals surface area contributed by atoms with Gasteiger partial charge in [0.2, 0.25) is 0 Å². The standard InChI is InChI=1S/C20H32O4/c1-3-21-8-10-23-13-19-17-12-18(16-7-5-6-15(16)17)20(19)14-24-11-9-22-4-2/h3-4,15-20H,1-2,5-14H2. The molecule has 0 saturated heterocycles. The van der Waals surface area contributed by atoms with Crippen LogP contribution in [0.15, 0.2) is 25.7 Å². The summed E-state index contributed by atoms with van der Waals surface area (Å²) in [5.74, 6) is 4.90. The van der Waals surface area contributed by atoms with Crippen molar-refractivity contribution in [2.45, 2.75) is 25.7 Å². The molecule has 0 spiro atoms. The Morgan fingerprint density at radius 1 is 0.708 bits per heavy atom. The van der Waals surface area contributed by atoms with E-state index in [1.165, 1.54) is 38.2 Å². The largest absolute Gasteiger partial charge is 0.499 e. The summed E-state index contributed by atoms with van der Waals surface area (Å²) in [6.07, 6.45) is 8.64. The van der Waals surface area contributed by atoms with E-state index in [1.54, 1.807) is 0 Å². The Balaban J connectivity index is 1.50. The van der Waals surface area contributed by atoms with Crippen molar-refractivity contribution in [3.05, 3.63) is 25.7 Å². The van der Waals surface area contributed by atoms with Crippen LogP contribution in [0.1, 0.15) is 25.7 Å². The average Bonchev–Trinajstić information content (AvgIpc) is 3.26. The van der Waals surface area contributed by atoms with Crippen LogP contribution in [0.3, 0.4) is 0 Å². The lowest BCUT2D eigenvalue weighted by molar-refractivity contribution is -0.0285. The molecule has 4 heteroatoms. The first kappa shape index (κ1) is 17.8. The number of hydrogen-bond acceptors (Lipinski definition) is 4. The Labute approximate surface area is 146 Å². The fourth-order valence-corrected chi connectivity index (χ4v) is 5.68. The summed E-state index contributed by atoms with van der Waals surface area (Å²) in [7, 11) is 0. The van der Waals surface area contributed by atoms with Crippen LogP contribution < -0.4 is 0 Å². The lowest BCUT2D eigenvalue weighted by Gasteiger charge is -2.38. The van der Waals surface area contributed by atoms with Gasteiger partial charge in [0.1, 0.15) is 13.2 Å². The first-order valence-corrected chi connectivity index (χ1v) is 9.47. The van der Waals surface area contributed by atoms with Crippen molar-refractivity contribution in [1.29, 1.82) is 0 Å².